The summed E-state index contributed by atoms with van der Waals surface area (Å²) in [5, 5.41) is 14.8. The number of carbonyl (C=O) groups is 1. The lowest BCUT2D eigenvalue weighted by Crippen LogP contribution is -2.07. The van der Waals surface area contributed by atoms with Crippen molar-refractivity contribution in [2.75, 3.05) is 5.73 Å². The van der Waals surface area contributed by atoms with Gasteiger partial charge in [0, 0.05) is 24.0 Å². The van der Waals surface area contributed by atoms with Crippen LogP contribution in [-0.2, 0) is 0 Å². The highest BCUT2D eigenvalue weighted by molar-refractivity contribution is 5.99. The third-order valence-corrected chi connectivity index (χ3v) is 2.47. The zero-order valence-electron chi connectivity index (χ0n) is 9.53. The van der Waals surface area contributed by atoms with Crippen LogP contribution in [0, 0.1) is 10.1 Å². The number of carbonyl (C=O) groups excluding carboxylic acids is 1. The van der Waals surface area contributed by atoms with Crippen LogP contribution in [0.1, 0.15) is 17.3 Å². The van der Waals surface area contributed by atoms with Gasteiger partial charge in [-0.3, -0.25) is 14.9 Å². The molecule has 0 aliphatic rings. The van der Waals surface area contributed by atoms with E-state index in [-0.39, 0.29) is 22.7 Å². The van der Waals surface area contributed by atoms with Crippen LogP contribution in [0.3, 0.4) is 0 Å². The summed E-state index contributed by atoms with van der Waals surface area (Å²) < 4.78 is 1.44. The van der Waals surface area contributed by atoms with Gasteiger partial charge in [0.1, 0.15) is 5.69 Å². The largest absolute Gasteiger partial charge is 0.393 e. The summed E-state index contributed by atoms with van der Waals surface area (Å²) in [5.74, 6) is -0.288. The first kappa shape index (κ1) is 11.8. The van der Waals surface area contributed by atoms with E-state index >= 15 is 0 Å². The fourth-order valence-corrected chi connectivity index (χ4v) is 1.63. The molecule has 18 heavy (non-hydrogen) atoms. The molecule has 0 atom stereocenters. The van der Waals surface area contributed by atoms with Gasteiger partial charge in [0.25, 0.3) is 5.69 Å². The molecule has 2 N–H and O–H groups in total. The molecular weight excluding hydrogens is 236 g/mol. The number of nitro benzene ring substituents is 1. The van der Waals surface area contributed by atoms with E-state index in [4.69, 9.17) is 5.73 Å². The van der Waals surface area contributed by atoms with E-state index in [0.29, 0.717) is 5.69 Å². The summed E-state index contributed by atoms with van der Waals surface area (Å²) in [4.78, 5) is 21.7. The number of ketones is 1. The molecule has 0 bridgehead atoms. The van der Waals surface area contributed by atoms with Gasteiger partial charge in [0.05, 0.1) is 10.6 Å². The molecule has 0 amide bonds. The van der Waals surface area contributed by atoms with Crippen LogP contribution >= 0.6 is 0 Å². The number of aromatic nitrogens is 2. The second-order valence-corrected chi connectivity index (χ2v) is 3.69. The Hall–Kier alpha value is -2.70. The molecular formula is C11H10N4O3. The van der Waals surface area contributed by atoms with Gasteiger partial charge in [-0.05, 0) is 19.1 Å². The first-order chi connectivity index (χ1) is 8.50. The van der Waals surface area contributed by atoms with Crippen LogP contribution in [0.4, 0.5) is 11.4 Å². The topological polar surface area (TPSA) is 104 Å². The number of rotatable bonds is 3. The van der Waals surface area contributed by atoms with Crippen molar-refractivity contribution in [2.24, 2.45) is 0 Å². The molecule has 2 rings (SSSR count). The number of hydrogen-bond acceptors (Lipinski definition) is 5. The van der Waals surface area contributed by atoms with E-state index in [9.17, 15) is 14.9 Å². The van der Waals surface area contributed by atoms with E-state index in [1.54, 1.807) is 18.5 Å². The number of nitrogens with two attached hydrogens (primary N) is 1. The lowest BCUT2D eigenvalue weighted by molar-refractivity contribution is -0.383. The Bertz CT molecular complexity index is 619. The fraction of sp³-hybridized carbons (Fsp3) is 0.0909. The van der Waals surface area contributed by atoms with Crippen LogP contribution in [-0.4, -0.2) is 20.5 Å². The highest BCUT2D eigenvalue weighted by atomic mass is 16.6. The number of anilines is 1. The fourth-order valence-electron chi connectivity index (χ4n) is 1.63. The predicted octanol–water partition coefficient (Wildman–Crippen LogP) is 1.57. The molecule has 0 spiro atoms. The molecule has 7 heteroatoms. The van der Waals surface area contributed by atoms with Gasteiger partial charge >= 0.3 is 0 Å². The SMILES string of the molecule is CC(=O)c1cc([N+](=O)[O-])c(N)cc1-n1cccn1. The van der Waals surface area contributed by atoms with Crippen LogP contribution < -0.4 is 5.73 Å². The monoisotopic (exact) mass is 246 g/mol. The summed E-state index contributed by atoms with van der Waals surface area (Å²) in [7, 11) is 0. The molecule has 0 aliphatic carbocycles. The number of nitrogens with zero attached hydrogens (tertiary/aromatic N) is 3. The van der Waals surface area contributed by atoms with Crippen molar-refractivity contribution in [3.05, 3.63) is 46.3 Å². The maximum atomic E-state index is 11.5. The van der Waals surface area contributed by atoms with E-state index < -0.39 is 4.92 Å². The highest BCUT2D eigenvalue weighted by Gasteiger charge is 2.19. The molecule has 0 radical (unpaired) electrons. The molecule has 1 aromatic heterocycles. The Morgan fingerprint density at radius 2 is 2.22 bits per heavy atom. The van der Waals surface area contributed by atoms with Gasteiger partial charge in [-0.2, -0.15) is 5.10 Å². The van der Waals surface area contributed by atoms with E-state index in [0.717, 1.165) is 0 Å². The van der Waals surface area contributed by atoms with Crippen molar-refractivity contribution >= 4 is 17.2 Å². The first-order valence-electron chi connectivity index (χ1n) is 5.09. The van der Waals surface area contributed by atoms with Crippen molar-refractivity contribution in [3.63, 3.8) is 0 Å². The minimum Gasteiger partial charge on any atom is -0.393 e. The summed E-state index contributed by atoms with van der Waals surface area (Å²) in [6.07, 6.45) is 3.18. The third kappa shape index (κ3) is 1.93. The molecule has 1 heterocycles. The van der Waals surface area contributed by atoms with Gasteiger partial charge in [-0.1, -0.05) is 0 Å². The van der Waals surface area contributed by atoms with Crippen LogP contribution in [0.5, 0.6) is 0 Å². The molecule has 92 valence electrons. The van der Waals surface area contributed by atoms with Crippen molar-refractivity contribution in [2.45, 2.75) is 6.92 Å². The van der Waals surface area contributed by atoms with Gasteiger partial charge in [0.2, 0.25) is 0 Å². The van der Waals surface area contributed by atoms with Crippen LogP contribution in [0.25, 0.3) is 5.69 Å². The van der Waals surface area contributed by atoms with Crippen LogP contribution in [0.15, 0.2) is 30.6 Å². The average molecular weight is 246 g/mol. The maximum Gasteiger partial charge on any atom is 0.292 e. The molecule has 0 unspecified atom stereocenters. The van der Waals surface area contributed by atoms with Crippen molar-refractivity contribution in [1.29, 1.82) is 0 Å². The number of nitro groups is 1. The Kier molecular flexibility index (Phi) is 2.80. The van der Waals surface area contributed by atoms with Gasteiger partial charge in [-0.15, -0.1) is 0 Å². The van der Waals surface area contributed by atoms with E-state index in [1.807, 2.05) is 0 Å². The third-order valence-electron chi connectivity index (χ3n) is 2.47. The summed E-state index contributed by atoms with van der Waals surface area (Å²) in [6, 6.07) is 4.23. The number of benzene rings is 1. The highest BCUT2D eigenvalue weighted by Crippen LogP contribution is 2.28. The van der Waals surface area contributed by atoms with Crippen molar-refractivity contribution in [1.82, 2.24) is 9.78 Å². The van der Waals surface area contributed by atoms with Gasteiger partial charge in [-0.25, -0.2) is 4.68 Å². The Morgan fingerprint density at radius 3 is 2.72 bits per heavy atom. The molecule has 2 aromatic rings. The van der Waals surface area contributed by atoms with E-state index in [1.165, 1.54) is 23.7 Å². The second kappa shape index (κ2) is 4.28. The van der Waals surface area contributed by atoms with Crippen LogP contribution in [0.2, 0.25) is 0 Å². The summed E-state index contributed by atoms with van der Waals surface area (Å²) >= 11 is 0. The number of nitrogen functional groups attached to an aromatic ring is 1. The zero-order valence-corrected chi connectivity index (χ0v) is 9.53. The molecule has 0 fully saturated rings. The van der Waals surface area contributed by atoms with Crippen molar-refractivity contribution < 1.29 is 9.72 Å². The van der Waals surface area contributed by atoms with Gasteiger partial charge in [0.15, 0.2) is 5.78 Å². The molecule has 7 nitrogen and oxygen atoms in total. The van der Waals surface area contributed by atoms with Gasteiger partial charge < -0.3 is 5.73 Å². The zero-order chi connectivity index (χ0) is 13.3. The number of hydrogen-bond donors (Lipinski definition) is 1. The molecule has 1 aromatic carbocycles. The molecule has 0 saturated carbocycles. The number of Topliss-reactive ketones (excluding diaryl/α,β-unsaturated/α-hetero) is 1. The normalized spacial score (nSPS) is 10.3. The standard InChI is InChI=1S/C11H10N4O3/c1-7(16)8-5-11(15(17)18)9(12)6-10(8)14-4-2-3-13-14/h2-6H,12H2,1H3. The minimum atomic E-state index is -0.616. The van der Waals surface area contributed by atoms with Crippen molar-refractivity contribution in [3.8, 4) is 5.69 Å². The van der Waals surface area contributed by atoms with E-state index in [2.05, 4.69) is 5.10 Å². The Balaban J connectivity index is 2.70. The maximum absolute atomic E-state index is 11.5. The predicted molar refractivity (Wildman–Crippen MR) is 64.6 cm³/mol. The first-order valence-corrected chi connectivity index (χ1v) is 5.09. The quantitative estimate of drug-likeness (QED) is 0.383. The average Bonchev–Trinajstić information content (AvgIpc) is 2.80. The summed E-state index contributed by atoms with van der Waals surface area (Å²) in [6.45, 7) is 1.34. The minimum absolute atomic E-state index is 0.00417. The summed E-state index contributed by atoms with van der Waals surface area (Å²) in [5.41, 5.74) is 5.95. The Morgan fingerprint density at radius 1 is 1.50 bits per heavy atom. The lowest BCUT2D eigenvalue weighted by atomic mass is 10.1. The lowest BCUT2D eigenvalue weighted by Gasteiger charge is -2.08. The molecule has 0 saturated heterocycles. The smallest absolute Gasteiger partial charge is 0.292 e. The second-order valence-electron chi connectivity index (χ2n) is 3.69. The molecule has 0 aliphatic heterocycles. The Labute approximate surface area is 102 Å².